The van der Waals surface area contributed by atoms with Crippen molar-refractivity contribution in [2.45, 2.75) is 25.8 Å². The van der Waals surface area contributed by atoms with E-state index in [-0.39, 0.29) is 0 Å². The lowest BCUT2D eigenvalue weighted by atomic mass is 10.0. The number of hydrogen-bond donors (Lipinski definition) is 2. The van der Waals surface area contributed by atoms with Crippen LogP contribution in [0.2, 0.25) is 0 Å². The second-order valence-electron chi connectivity index (χ2n) is 5.17. The molecule has 1 aliphatic carbocycles. The van der Waals surface area contributed by atoms with Gasteiger partial charge in [-0.1, -0.05) is 0 Å². The molecule has 1 aliphatic rings. The van der Waals surface area contributed by atoms with E-state index in [1.54, 1.807) is 7.11 Å². The fourth-order valence-electron chi connectivity index (χ4n) is 2.31. The Kier molecular flexibility index (Phi) is 5.29. The van der Waals surface area contributed by atoms with Crippen LogP contribution >= 0.6 is 31.9 Å². The summed E-state index contributed by atoms with van der Waals surface area (Å²) in [6.45, 7) is 2.10. The molecule has 0 unspecified atom stereocenters. The zero-order chi connectivity index (χ0) is 13.9. The van der Waals surface area contributed by atoms with Gasteiger partial charge < -0.3 is 15.2 Å². The zero-order valence-corrected chi connectivity index (χ0v) is 14.2. The summed E-state index contributed by atoms with van der Waals surface area (Å²) in [7, 11) is 1.66. The molecule has 3 nitrogen and oxygen atoms in total. The smallest absolute Gasteiger partial charge is 0.147 e. The van der Waals surface area contributed by atoms with Crippen LogP contribution < -0.4 is 10.1 Å². The Morgan fingerprint density at radius 2 is 1.95 bits per heavy atom. The van der Waals surface area contributed by atoms with Gasteiger partial charge in [0.15, 0.2) is 0 Å². The molecule has 0 spiro atoms. The van der Waals surface area contributed by atoms with Gasteiger partial charge in [-0.2, -0.15) is 0 Å². The van der Waals surface area contributed by atoms with E-state index in [9.17, 15) is 0 Å². The summed E-state index contributed by atoms with van der Waals surface area (Å²) in [4.78, 5) is 0. The van der Waals surface area contributed by atoms with Crippen molar-refractivity contribution in [3.8, 4) is 5.75 Å². The molecule has 0 bridgehead atoms. The van der Waals surface area contributed by atoms with Gasteiger partial charge in [0.1, 0.15) is 5.75 Å². The average molecular weight is 393 g/mol. The predicted octanol–water partition coefficient (Wildman–Crippen LogP) is 3.47. The topological polar surface area (TPSA) is 41.5 Å². The van der Waals surface area contributed by atoms with Gasteiger partial charge in [-0.25, -0.2) is 0 Å². The van der Waals surface area contributed by atoms with Gasteiger partial charge in [-0.3, -0.25) is 0 Å². The molecule has 0 aromatic heterocycles. The molecule has 0 aliphatic heterocycles. The Morgan fingerprint density at radius 1 is 1.32 bits per heavy atom. The van der Waals surface area contributed by atoms with Gasteiger partial charge in [0.2, 0.25) is 0 Å². The zero-order valence-electron chi connectivity index (χ0n) is 11.0. The summed E-state index contributed by atoms with van der Waals surface area (Å²) in [6.07, 6.45) is 3.38. The molecule has 1 fully saturated rings. The first-order chi connectivity index (χ1) is 9.10. The van der Waals surface area contributed by atoms with E-state index >= 15 is 0 Å². The SMILES string of the molecule is COc1c(Br)cc(CNCC2(CCO)CC2)cc1Br. The number of nitrogens with one attached hydrogen (secondary N) is 1. The van der Waals surface area contributed by atoms with Crippen molar-refractivity contribution in [1.82, 2.24) is 5.32 Å². The van der Waals surface area contributed by atoms with Crippen molar-refractivity contribution in [1.29, 1.82) is 0 Å². The number of aliphatic hydroxyl groups is 1. The van der Waals surface area contributed by atoms with Crippen LogP contribution in [0.1, 0.15) is 24.8 Å². The maximum absolute atomic E-state index is 9.03. The largest absolute Gasteiger partial charge is 0.494 e. The minimum atomic E-state index is 0.293. The standard InChI is InChI=1S/C14H19Br2NO2/c1-19-13-11(15)6-10(7-12(13)16)8-17-9-14(2-3-14)4-5-18/h6-7,17-18H,2-5,8-9H2,1H3. The molecule has 0 saturated heterocycles. The molecule has 1 aromatic rings. The fraction of sp³-hybridized carbons (Fsp3) is 0.571. The van der Waals surface area contributed by atoms with Crippen LogP contribution in [0.5, 0.6) is 5.75 Å². The van der Waals surface area contributed by atoms with Gasteiger partial charge in [0, 0.05) is 19.7 Å². The Bertz CT molecular complexity index is 424. The van der Waals surface area contributed by atoms with Crippen molar-refractivity contribution in [2.75, 3.05) is 20.3 Å². The predicted molar refractivity (Wildman–Crippen MR) is 83.5 cm³/mol. The van der Waals surface area contributed by atoms with E-state index in [1.165, 1.54) is 18.4 Å². The maximum Gasteiger partial charge on any atom is 0.147 e. The highest BCUT2D eigenvalue weighted by Gasteiger charge is 2.41. The molecule has 1 aromatic carbocycles. The average Bonchev–Trinajstić information content (AvgIpc) is 3.09. The minimum absolute atomic E-state index is 0.293. The molecule has 0 radical (unpaired) electrons. The van der Waals surface area contributed by atoms with Gasteiger partial charge in [0.05, 0.1) is 16.1 Å². The molecule has 0 heterocycles. The third-order valence-corrected chi connectivity index (χ3v) is 4.87. The second kappa shape index (κ2) is 6.57. The maximum atomic E-state index is 9.03. The first-order valence-corrected chi connectivity index (χ1v) is 8.02. The number of hydrogen-bond acceptors (Lipinski definition) is 3. The number of rotatable bonds is 7. The lowest BCUT2D eigenvalue weighted by molar-refractivity contribution is 0.245. The molecule has 1 saturated carbocycles. The summed E-state index contributed by atoms with van der Waals surface area (Å²) in [5, 5.41) is 12.5. The van der Waals surface area contributed by atoms with Crippen molar-refractivity contribution in [2.24, 2.45) is 5.41 Å². The summed E-state index contributed by atoms with van der Waals surface area (Å²) in [6, 6.07) is 4.14. The normalized spacial score (nSPS) is 16.4. The molecule has 106 valence electrons. The van der Waals surface area contributed by atoms with E-state index in [1.807, 2.05) is 0 Å². The third kappa shape index (κ3) is 3.94. The summed E-state index contributed by atoms with van der Waals surface area (Å²) in [5.41, 5.74) is 1.56. The first kappa shape index (κ1) is 15.3. The minimum Gasteiger partial charge on any atom is -0.494 e. The van der Waals surface area contributed by atoms with Crippen molar-refractivity contribution in [3.63, 3.8) is 0 Å². The van der Waals surface area contributed by atoms with Gasteiger partial charge >= 0.3 is 0 Å². The molecule has 2 rings (SSSR count). The Morgan fingerprint density at radius 3 is 2.42 bits per heavy atom. The number of ether oxygens (including phenoxy) is 1. The van der Waals surface area contributed by atoms with Crippen LogP contribution in [-0.4, -0.2) is 25.4 Å². The molecule has 2 N–H and O–H groups in total. The van der Waals surface area contributed by atoms with E-state index in [4.69, 9.17) is 9.84 Å². The second-order valence-corrected chi connectivity index (χ2v) is 6.88. The Balaban J connectivity index is 1.90. The van der Waals surface area contributed by atoms with Crippen LogP contribution in [0.15, 0.2) is 21.1 Å². The highest BCUT2D eigenvalue weighted by Crippen LogP contribution is 2.47. The summed E-state index contributed by atoms with van der Waals surface area (Å²) >= 11 is 7.02. The fourth-order valence-corrected chi connectivity index (χ4v) is 3.92. The van der Waals surface area contributed by atoms with E-state index < -0.39 is 0 Å². The Hall–Kier alpha value is -0.100. The van der Waals surface area contributed by atoms with Gasteiger partial charge in [-0.05, 0) is 74.2 Å². The molecule has 0 atom stereocenters. The van der Waals surface area contributed by atoms with Crippen molar-refractivity contribution >= 4 is 31.9 Å². The third-order valence-electron chi connectivity index (χ3n) is 3.69. The van der Waals surface area contributed by atoms with E-state index in [0.717, 1.165) is 34.2 Å². The van der Waals surface area contributed by atoms with Crippen LogP contribution in [0, 0.1) is 5.41 Å². The van der Waals surface area contributed by atoms with Crippen LogP contribution in [-0.2, 0) is 6.54 Å². The molecule has 19 heavy (non-hydrogen) atoms. The summed E-state index contributed by atoms with van der Waals surface area (Å²) < 4.78 is 7.20. The molecule has 0 amide bonds. The first-order valence-electron chi connectivity index (χ1n) is 6.44. The van der Waals surface area contributed by atoms with E-state index in [0.29, 0.717) is 12.0 Å². The molecular formula is C14H19Br2NO2. The van der Waals surface area contributed by atoms with Gasteiger partial charge in [-0.15, -0.1) is 0 Å². The number of aliphatic hydroxyl groups excluding tert-OH is 1. The van der Waals surface area contributed by atoms with Crippen LogP contribution in [0.25, 0.3) is 0 Å². The highest BCUT2D eigenvalue weighted by molar-refractivity contribution is 9.11. The summed E-state index contributed by atoms with van der Waals surface area (Å²) in [5.74, 6) is 0.822. The number of halogens is 2. The number of benzene rings is 1. The van der Waals surface area contributed by atoms with Crippen LogP contribution in [0.4, 0.5) is 0 Å². The molecule has 5 heteroatoms. The molecular weight excluding hydrogens is 374 g/mol. The number of methoxy groups -OCH3 is 1. The van der Waals surface area contributed by atoms with Crippen molar-refractivity contribution < 1.29 is 9.84 Å². The van der Waals surface area contributed by atoms with Crippen LogP contribution in [0.3, 0.4) is 0 Å². The monoisotopic (exact) mass is 391 g/mol. The Labute approximate surface area is 131 Å². The lowest BCUT2D eigenvalue weighted by Crippen LogP contribution is -2.24. The van der Waals surface area contributed by atoms with Gasteiger partial charge in [0.25, 0.3) is 0 Å². The lowest BCUT2D eigenvalue weighted by Gasteiger charge is -2.15. The highest BCUT2D eigenvalue weighted by atomic mass is 79.9. The van der Waals surface area contributed by atoms with E-state index in [2.05, 4.69) is 49.3 Å². The quantitative estimate of drug-likeness (QED) is 0.746. The van der Waals surface area contributed by atoms with Crippen molar-refractivity contribution in [3.05, 3.63) is 26.6 Å².